The van der Waals surface area contributed by atoms with Gasteiger partial charge in [0, 0.05) is 30.2 Å². The Morgan fingerprint density at radius 1 is 1.16 bits per heavy atom. The van der Waals surface area contributed by atoms with E-state index < -0.39 is 16.6 Å². The number of nitrogens with one attached hydrogen (secondary N) is 1. The molecule has 0 bridgehead atoms. The molecule has 200 valence electrons. The number of nitrogens with zero attached hydrogens (tertiary/aromatic N) is 1. The lowest BCUT2D eigenvalue weighted by atomic mass is 9.93. The first-order valence-electron chi connectivity index (χ1n) is 13.0. The van der Waals surface area contributed by atoms with Crippen LogP contribution in [0.25, 0.3) is 11.1 Å². The topological polar surface area (TPSA) is 97.8 Å². The van der Waals surface area contributed by atoms with Crippen molar-refractivity contribution in [1.82, 2.24) is 9.71 Å². The number of pyridine rings is 1. The molecule has 3 aromatic rings. The third kappa shape index (κ3) is 5.61. The van der Waals surface area contributed by atoms with Crippen LogP contribution in [0.3, 0.4) is 0 Å². The Hall–Kier alpha value is -3.23. The summed E-state index contributed by atoms with van der Waals surface area (Å²) in [4.78, 5) is 16.3. The van der Waals surface area contributed by atoms with E-state index in [9.17, 15) is 14.1 Å². The van der Waals surface area contributed by atoms with E-state index in [2.05, 4.69) is 29.8 Å². The molecule has 8 heteroatoms. The molecule has 1 aliphatic heterocycles. The quantitative estimate of drug-likeness (QED) is 0.413. The molecule has 0 spiro atoms. The number of aliphatic hydroxyl groups is 1. The Kier molecular flexibility index (Phi) is 7.29. The average Bonchev–Trinajstić information content (AvgIpc) is 3.41. The number of rotatable bonds is 8. The van der Waals surface area contributed by atoms with Crippen molar-refractivity contribution >= 4 is 16.9 Å². The SMILES string of the molecule is Cc1cc(OCCC(C)(C)O)nc(C)c1-c1cccc2c1CC[C@H]2Oc1ccc(C2CC(=O)NS2=O)cc1. The van der Waals surface area contributed by atoms with Crippen molar-refractivity contribution in [3.8, 4) is 22.8 Å². The molecule has 0 radical (unpaired) electrons. The van der Waals surface area contributed by atoms with Crippen LogP contribution in [0.15, 0.2) is 48.5 Å². The van der Waals surface area contributed by atoms with Gasteiger partial charge in [-0.25, -0.2) is 9.19 Å². The molecule has 1 aromatic heterocycles. The van der Waals surface area contributed by atoms with Crippen LogP contribution in [0.5, 0.6) is 11.6 Å². The molecule has 2 aliphatic rings. The van der Waals surface area contributed by atoms with Gasteiger partial charge in [0.2, 0.25) is 11.8 Å². The molecular formula is C30H34N2O5S. The van der Waals surface area contributed by atoms with Crippen molar-refractivity contribution in [2.45, 2.75) is 70.3 Å². The number of hydrogen-bond donors (Lipinski definition) is 2. The Labute approximate surface area is 226 Å². The number of aryl methyl sites for hydroxylation is 2. The molecule has 38 heavy (non-hydrogen) atoms. The Morgan fingerprint density at radius 2 is 1.92 bits per heavy atom. The van der Waals surface area contributed by atoms with Gasteiger partial charge in [-0.05, 0) is 80.5 Å². The van der Waals surface area contributed by atoms with Crippen LogP contribution in [0.4, 0.5) is 0 Å². The zero-order valence-corrected chi connectivity index (χ0v) is 23.1. The highest BCUT2D eigenvalue weighted by Crippen LogP contribution is 2.42. The van der Waals surface area contributed by atoms with Crippen LogP contribution < -0.4 is 14.2 Å². The fourth-order valence-electron chi connectivity index (χ4n) is 5.29. The summed E-state index contributed by atoms with van der Waals surface area (Å²) in [6.07, 6.45) is 2.50. The minimum atomic E-state index is -1.38. The molecule has 2 unspecified atom stereocenters. The highest BCUT2D eigenvalue weighted by Gasteiger charge is 2.31. The lowest BCUT2D eigenvalue weighted by molar-refractivity contribution is -0.118. The summed E-state index contributed by atoms with van der Waals surface area (Å²) >= 11 is 0. The Balaban J connectivity index is 1.33. The highest BCUT2D eigenvalue weighted by molar-refractivity contribution is 7.84. The fraction of sp³-hybridized carbons (Fsp3) is 0.400. The summed E-state index contributed by atoms with van der Waals surface area (Å²) in [7, 11) is -1.38. The summed E-state index contributed by atoms with van der Waals surface area (Å²) in [5, 5.41) is 9.63. The van der Waals surface area contributed by atoms with Crippen molar-refractivity contribution in [2.24, 2.45) is 0 Å². The van der Waals surface area contributed by atoms with Crippen molar-refractivity contribution < 1.29 is 23.6 Å². The van der Waals surface area contributed by atoms with Gasteiger partial charge in [-0.15, -0.1) is 0 Å². The highest BCUT2D eigenvalue weighted by atomic mass is 32.2. The van der Waals surface area contributed by atoms with Crippen LogP contribution in [0.2, 0.25) is 0 Å². The largest absolute Gasteiger partial charge is 0.486 e. The maximum absolute atomic E-state index is 12.1. The molecule has 1 saturated heterocycles. The van der Waals surface area contributed by atoms with Gasteiger partial charge in [-0.3, -0.25) is 9.52 Å². The van der Waals surface area contributed by atoms with Crippen molar-refractivity contribution in [3.63, 3.8) is 0 Å². The second kappa shape index (κ2) is 10.5. The molecule has 5 rings (SSSR count). The van der Waals surface area contributed by atoms with Crippen LogP contribution in [0, 0.1) is 13.8 Å². The normalized spacial score (nSPS) is 20.8. The lowest BCUT2D eigenvalue weighted by Crippen LogP contribution is -2.22. The number of hydrogen-bond acceptors (Lipinski definition) is 6. The smallest absolute Gasteiger partial charge is 0.233 e. The van der Waals surface area contributed by atoms with Gasteiger partial charge in [0.05, 0.1) is 17.5 Å². The third-order valence-electron chi connectivity index (χ3n) is 7.20. The van der Waals surface area contributed by atoms with Crippen LogP contribution in [-0.4, -0.2) is 32.4 Å². The van der Waals surface area contributed by atoms with Gasteiger partial charge in [-0.1, -0.05) is 30.3 Å². The maximum Gasteiger partial charge on any atom is 0.233 e. The molecule has 7 nitrogen and oxygen atoms in total. The first-order chi connectivity index (χ1) is 18.1. The summed E-state index contributed by atoms with van der Waals surface area (Å²) in [6, 6.07) is 15.9. The van der Waals surface area contributed by atoms with E-state index in [0.717, 1.165) is 41.0 Å². The van der Waals surface area contributed by atoms with E-state index in [0.29, 0.717) is 18.9 Å². The summed E-state index contributed by atoms with van der Waals surface area (Å²) in [5.74, 6) is 1.15. The van der Waals surface area contributed by atoms with Gasteiger partial charge in [0.1, 0.15) is 22.8 Å². The van der Waals surface area contributed by atoms with Crippen molar-refractivity contribution in [2.75, 3.05) is 6.61 Å². The van der Waals surface area contributed by atoms with Crippen LogP contribution in [0.1, 0.15) is 72.4 Å². The lowest BCUT2D eigenvalue weighted by Gasteiger charge is -2.19. The van der Waals surface area contributed by atoms with Gasteiger partial charge in [0.25, 0.3) is 0 Å². The summed E-state index contributed by atoms with van der Waals surface area (Å²) in [5.41, 5.74) is 6.86. The second-order valence-electron chi connectivity index (χ2n) is 10.8. The number of carbonyl (C=O) groups excluding carboxylic acids is 1. The van der Waals surface area contributed by atoms with E-state index in [1.807, 2.05) is 37.3 Å². The fourth-order valence-corrected chi connectivity index (χ4v) is 6.45. The van der Waals surface area contributed by atoms with E-state index in [-0.39, 0.29) is 23.7 Å². The molecule has 2 heterocycles. The Bertz CT molecular complexity index is 1360. The van der Waals surface area contributed by atoms with Crippen LogP contribution >= 0.6 is 0 Å². The molecule has 3 atom stereocenters. The standard InChI is InChI=1S/C30H34N2O5S/c1-18-16-28(36-15-14-30(3,4)34)31-19(2)29(18)24-7-5-6-23-22(24)12-13-25(23)37-21-10-8-20(9-11-21)26-17-27(33)32-38(26)35/h5-11,16,25-26,34H,12-15,17H2,1-4H3,(H,32,33)/t25-,26?,38?/m1/s1. The van der Waals surface area contributed by atoms with Gasteiger partial charge < -0.3 is 14.6 Å². The molecule has 2 aromatic carbocycles. The van der Waals surface area contributed by atoms with Crippen LogP contribution in [-0.2, 0) is 22.2 Å². The van der Waals surface area contributed by atoms with E-state index in [4.69, 9.17) is 14.5 Å². The second-order valence-corrected chi connectivity index (χ2v) is 12.1. The summed E-state index contributed by atoms with van der Waals surface area (Å²) < 4.78 is 26.8. The number of ether oxygens (including phenoxy) is 2. The first-order valence-corrected chi connectivity index (χ1v) is 14.2. The zero-order valence-electron chi connectivity index (χ0n) is 22.2. The average molecular weight is 535 g/mol. The number of amides is 1. The molecule has 1 amide bonds. The predicted molar refractivity (Wildman–Crippen MR) is 147 cm³/mol. The zero-order chi connectivity index (χ0) is 27.0. The van der Waals surface area contributed by atoms with Crippen molar-refractivity contribution in [1.29, 1.82) is 0 Å². The minimum Gasteiger partial charge on any atom is -0.486 e. The van der Waals surface area contributed by atoms with E-state index >= 15 is 0 Å². The van der Waals surface area contributed by atoms with E-state index in [1.54, 1.807) is 13.8 Å². The monoisotopic (exact) mass is 534 g/mol. The van der Waals surface area contributed by atoms with Crippen molar-refractivity contribution in [3.05, 3.63) is 76.5 Å². The molecule has 1 fully saturated rings. The molecule has 2 N–H and O–H groups in total. The third-order valence-corrected chi connectivity index (χ3v) is 8.58. The maximum atomic E-state index is 12.1. The van der Waals surface area contributed by atoms with E-state index in [1.165, 1.54) is 16.7 Å². The summed E-state index contributed by atoms with van der Waals surface area (Å²) in [6.45, 7) is 8.04. The minimum absolute atomic E-state index is 0.0577. The van der Waals surface area contributed by atoms with Gasteiger partial charge in [-0.2, -0.15) is 0 Å². The molecular weight excluding hydrogens is 500 g/mol. The Morgan fingerprint density at radius 3 is 2.58 bits per heavy atom. The number of aromatic nitrogens is 1. The molecule has 1 aliphatic carbocycles. The predicted octanol–water partition coefficient (Wildman–Crippen LogP) is 5.20. The van der Waals surface area contributed by atoms with Gasteiger partial charge >= 0.3 is 0 Å². The van der Waals surface area contributed by atoms with Gasteiger partial charge in [0.15, 0.2) is 0 Å². The number of benzene rings is 2. The number of carbonyl (C=O) groups is 1. The first kappa shape index (κ1) is 26.4. The number of fused-ring (bicyclic) bond motifs is 1. The molecule has 0 saturated carbocycles.